The molecule has 16 heavy (non-hydrogen) atoms. The fourth-order valence-corrected chi connectivity index (χ4v) is 1.65. The number of hydrogen-bond acceptors (Lipinski definition) is 6. The van der Waals surface area contributed by atoms with E-state index in [1.165, 1.54) is 12.3 Å². The molecule has 86 valence electrons. The molecular weight excluding hydrogens is 214 g/mol. The van der Waals surface area contributed by atoms with E-state index in [1.807, 2.05) is 0 Å². The van der Waals surface area contributed by atoms with E-state index in [9.17, 15) is 20.3 Å². The average Bonchev–Trinajstić information content (AvgIpc) is 2.59. The van der Waals surface area contributed by atoms with Crippen molar-refractivity contribution in [2.75, 3.05) is 18.0 Å². The fraction of sp³-hybridized carbons (Fsp3) is 0.444. The SMILES string of the molecule is O=[N+]([O-])c1ccc(N2CC(O)C(O)C2)cn1. The second kappa shape index (κ2) is 4.03. The molecule has 0 aromatic carbocycles. The number of nitro groups is 1. The van der Waals surface area contributed by atoms with Crippen LogP contribution in [-0.2, 0) is 0 Å². The van der Waals surface area contributed by atoms with Crippen molar-refractivity contribution >= 4 is 11.5 Å². The molecule has 0 saturated carbocycles. The molecule has 1 saturated heterocycles. The van der Waals surface area contributed by atoms with Crippen molar-refractivity contribution in [1.82, 2.24) is 4.98 Å². The molecule has 2 atom stereocenters. The first-order valence-electron chi connectivity index (χ1n) is 4.79. The van der Waals surface area contributed by atoms with Crippen molar-refractivity contribution in [3.05, 3.63) is 28.4 Å². The Labute approximate surface area is 91.1 Å². The molecule has 2 heterocycles. The molecule has 0 spiro atoms. The van der Waals surface area contributed by atoms with Crippen LogP contribution in [0.1, 0.15) is 0 Å². The Balaban J connectivity index is 2.14. The molecular formula is C9H11N3O4. The van der Waals surface area contributed by atoms with Crippen LogP contribution in [0, 0.1) is 10.1 Å². The van der Waals surface area contributed by atoms with Gasteiger partial charge in [0, 0.05) is 19.2 Å². The van der Waals surface area contributed by atoms with Crippen molar-refractivity contribution < 1.29 is 15.1 Å². The summed E-state index contributed by atoms with van der Waals surface area (Å²) in [5, 5.41) is 29.1. The summed E-state index contributed by atoms with van der Waals surface area (Å²) in [4.78, 5) is 15.2. The van der Waals surface area contributed by atoms with Crippen LogP contribution >= 0.6 is 0 Å². The lowest BCUT2D eigenvalue weighted by Crippen LogP contribution is -2.22. The van der Waals surface area contributed by atoms with Crippen molar-refractivity contribution in [3.63, 3.8) is 0 Å². The number of aliphatic hydroxyl groups is 2. The van der Waals surface area contributed by atoms with E-state index in [2.05, 4.69) is 4.98 Å². The molecule has 7 heteroatoms. The van der Waals surface area contributed by atoms with Gasteiger partial charge < -0.3 is 25.2 Å². The van der Waals surface area contributed by atoms with Crippen LogP contribution in [0.5, 0.6) is 0 Å². The number of anilines is 1. The van der Waals surface area contributed by atoms with Gasteiger partial charge in [0.15, 0.2) is 6.20 Å². The first-order valence-corrected chi connectivity index (χ1v) is 4.79. The van der Waals surface area contributed by atoms with Crippen LogP contribution in [-0.4, -0.2) is 45.4 Å². The van der Waals surface area contributed by atoms with Gasteiger partial charge in [-0.2, -0.15) is 0 Å². The summed E-state index contributed by atoms with van der Waals surface area (Å²) in [6.07, 6.45) is -0.200. The van der Waals surface area contributed by atoms with E-state index in [0.29, 0.717) is 18.8 Å². The first kappa shape index (κ1) is 10.8. The van der Waals surface area contributed by atoms with Gasteiger partial charge in [0.1, 0.15) is 0 Å². The van der Waals surface area contributed by atoms with E-state index in [0.717, 1.165) is 0 Å². The van der Waals surface area contributed by atoms with Gasteiger partial charge >= 0.3 is 5.82 Å². The second-order valence-electron chi connectivity index (χ2n) is 3.67. The van der Waals surface area contributed by atoms with Gasteiger partial charge in [-0.25, -0.2) is 0 Å². The molecule has 2 unspecified atom stereocenters. The third kappa shape index (κ3) is 1.95. The van der Waals surface area contributed by atoms with Crippen LogP contribution in [0.2, 0.25) is 0 Å². The largest absolute Gasteiger partial charge is 0.389 e. The van der Waals surface area contributed by atoms with Gasteiger partial charge in [-0.15, -0.1) is 0 Å². The van der Waals surface area contributed by atoms with Crippen LogP contribution in [0.15, 0.2) is 18.3 Å². The zero-order valence-corrected chi connectivity index (χ0v) is 8.35. The quantitative estimate of drug-likeness (QED) is 0.521. The Morgan fingerprint density at radius 1 is 1.38 bits per heavy atom. The van der Waals surface area contributed by atoms with Crippen LogP contribution in [0.4, 0.5) is 11.5 Å². The zero-order valence-electron chi connectivity index (χ0n) is 8.35. The fourth-order valence-electron chi connectivity index (χ4n) is 1.65. The van der Waals surface area contributed by atoms with Gasteiger partial charge in [-0.3, -0.25) is 0 Å². The van der Waals surface area contributed by atoms with Gasteiger partial charge in [0.05, 0.1) is 17.9 Å². The molecule has 2 N–H and O–H groups in total. The van der Waals surface area contributed by atoms with Gasteiger partial charge in [-0.05, 0) is 16.0 Å². The lowest BCUT2D eigenvalue weighted by atomic mass is 10.3. The predicted octanol–water partition coefficient (Wildman–Crippen LogP) is -0.468. The highest BCUT2D eigenvalue weighted by Gasteiger charge is 2.30. The number of rotatable bonds is 2. The standard InChI is InChI=1S/C9H11N3O4/c13-7-4-11(5-8(7)14)6-1-2-9(10-3-6)12(15)16/h1-3,7-8,13-14H,4-5H2. The predicted molar refractivity (Wildman–Crippen MR) is 55.1 cm³/mol. The molecule has 0 bridgehead atoms. The normalized spacial score (nSPS) is 24.8. The second-order valence-corrected chi connectivity index (χ2v) is 3.67. The Bertz CT molecular complexity index is 384. The third-order valence-electron chi connectivity index (χ3n) is 2.54. The van der Waals surface area contributed by atoms with Crippen LogP contribution in [0.25, 0.3) is 0 Å². The first-order chi connectivity index (χ1) is 7.58. The monoisotopic (exact) mass is 225 g/mol. The van der Waals surface area contributed by atoms with E-state index in [-0.39, 0.29) is 5.82 Å². The highest BCUT2D eigenvalue weighted by Crippen LogP contribution is 2.21. The maximum atomic E-state index is 10.4. The topological polar surface area (TPSA) is 99.7 Å². The molecule has 7 nitrogen and oxygen atoms in total. The Morgan fingerprint density at radius 3 is 2.44 bits per heavy atom. The van der Waals surface area contributed by atoms with Crippen LogP contribution < -0.4 is 4.90 Å². The third-order valence-corrected chi connectivity index (χ3v) is 2.54. The lowest BCUT2D eigenvalue weighted by Gasteiger charge is -2.15. The minimum atomic E-state index is -0.782. The highest BCUT2D eigenvalue weighted by molar-refractivity contribution is 5.48. The highest BCUT2D eigenvalue weighted by atomic mass is 16.6. The molecule has 0 aliphatic carbocycles. The van der Waals surface area contributed by atoms with E-state index in [4.69, 9.17) is 0 Å². The molecule has 1 aromatic rings. The Hall–Kier alpha value is -1.73. The number of hydrogen-bond donors (Lipinski definition) is 2. The van der Waals surface area contributed by atoms with Gasteiger partial charge in [0.2, 0.25) is 0 Å². The lowest BCUT2D eigenvalue weighted by molar-refractivity contribution is -0.389. The minimum absolute atomic E-state index is 0.218. The summed E-state index contributed by atoms with van der Waals surface area (Å²) < 4.78 is 0. The van der Waals surface area contributed by atoms with Gasteiger partial charge in [0.25, 0.3) is 0 Å². The molecule has 1 fully saturated rings. The number of pyridine rings is 1. The summed E-state index contributed by atoms with van der Waals surface area (Å²) in [6, 6.07) is 2.85. The number of β-amino-alcohol motifs (C(OH)–C–C–N with tert-alkyl or cyclic N) is 2. The molecule has 1 aromatic heterocycles. The maximum absolute atomic E-state index is 10.4. The summed E-state index contributed by atoms with van der Waals surface area (Å²) in [7, 11) is 0. The molecule has 2 rings (SSSR count). The average molecular weight is 225 g/mol. The molecule has 0 amide bonds. The van der Waals surface area contributed by atoms with E-state index < -0.39 is 17.1 Å². The minimum Gasteiger partial charge on any atom is -0.389 e. The van der Waals surface area contributed by atoms with E-state index in [1.54, 1.807) is 11.0 Å². The number of aromatic nitrogens is 1. The summed E-state index contributed by atoms with van der Waals surface area (Å²) >= 11 is 0. The van der Waals surface area contributed by atoms with Gasteiger partial charge in [-0.1, -0.05) is 0 Å². The van der Waals surface area contributed by atoms with Crippen molar-refractivity contribution in [2.45, 2.75) is 12.2 Å². The van der Waals surface area contributed by atoms with Crippen molar-refractivity contribution in [1.29, 1.82) is 0 Å². The molecule has 1 aliphatic heterocycles. The zero-order chi connectivity index (χ0) is 11.7. The smallest absolute Gasteiger partial charge is 0.363 e. The summed E-state index contributed by atoms with van der Waals surface area (Å²) in [6.45, 7) is 0.612. The number of aliphatic hydroxyl groups excluding tert-OH is 2. The Kier molecular flexibility index (Phi) is 2.71. The number of nitrogens with zero attached hydrogens (tertiary/aromatic N) is 3. The maximum Gasteiger partial charge on any atom is 0.363 e. The van der Waals surface area contributed by atoms with Crippen molar-refractivity contribution in [3.8, 4) is 0 Å². The van der Waals surface area contributed by atoms with E-state index >= 15 is 0 Å². The summed E-state index contributed by atoms with van der Waals surface area (Å²) in [5.41, 5.74) is 0.654. The molecule has 1 aliphatic rings. The molecule has 0 radical (unpaired) electrons. The van der Waals surface area contributed by atoms with Crippen LogP contribution in [0.3, 0.4) is 0 Å². The summed E-state index contributed by atoms with van der Waals surface area (Å²) in [5.74, 6) is -0.218. The van der Waals surface area contributed by atoms with Crippen molar-refractivity contribution in [2.24, 2.45) is 0 Å². The Morgan fingerprint density at radius 2 is 2.00 bits per heavy atom.